The Bertz CT molecular complexity index is 819. The summed E-state index contributed by atoms with van der Waals surface area (Å²) in [5, 5.41) is 11.0. The average molecular weight is 315 g/mol. The molecule has 0 atom stereocenters. The first-order chi connectivity index (χ1) is 11.0. The zero-order chi connectivity index (χ0) is 16.6. The van der Waals surface area contributed by atoms with Gasteiger partial charge in [-0.15, -0.1) is 10.2 Å². The molecule has 0 aliphatic carbocycles. The van der Waals surface area contributed by atoms with Gasteiger partial charge in [0, 0.05) is 25.7 Å². The monoisotopic (exact) mass is 315 g/mol. The number of amides is 1. The maximum Gasteiger partial charge on any atom is 0.263 e. The van der Waals surface area contributed by atoms with E-state index in [1.165, 1.54) is 0 Å². The van der Waals surface area contributed by atoms with E-state index < -0.39 is 0 Å². The number of hydrogen-bond acceptors (Lipinski definition) is 4. The number of nitrogens with one attached hydrogen (secondary N) is 1. The molecule has 3 rings (SSSR count). The van der Waals surface area contributed by atoms with Gasteiger partial charge in [0.15, 0.2) is 5.82 Å². The van der Waals surface area contributed by atoms with Gasteiger partial charge in [0.25, 0.3) is 11.5 Å². The minimum absolute atomic E-state index is 0.170. The Morgan fingerprint density at radius 1 is 1.39 bits per heavy atom. The molecule has 2 aromatic heterocycles. The molecule has 1 aliphatic rings. The van der Waals surface area contributed by atoms with Crippen LogP contribution in [0.5, 0.6) is 0 Å². The van der Waals surface area contributed by atoms with Gasteiger partial charge in [-0.1, -0.05) is 6.92 Å². The maximum absolute atomic E-state index is 12.4. The minimum atomic E-state index is -0.369. The molecule has 7 nitrogen and oxygen atoms in total. The smallest absolute Gasteiger partial charge is 0.263 e. The standard InChI is InChI=1S/C16H21N5O2/c1-4-12-10(2)8-11(16(23)20(12)3)15(22)17-9-14-19-18-13-6-5-7-21(13)14/h8H,4-7,9H2,1-3H3,(H,17,22). The highest BCUT2D eigenvalue weighted by Gasteiger charge is 2.19. The second-order valence-electron chi connectivity index (χ2n) is 5.88. The van der Waals surface area contributed by atoms with Crippen molar-refractivity contribution in [3.63, 3.8) is 0 Å². The van der Waals surface area contributed by atoms with Crippen LogP contribution < -0.4 is 10.9 Å². The topological polar surface area (TPSA) is 81.8 Å². The van der Waals surface area contributed by atoms with Gasteiger partial charge in [-0.2, -0.15) is 0 Å². The Kier molecular flexibility index (Phi) is 4.02. The number of fused-ring (bicyclic) bond motifs is 1. The van der Waals surface area contributed by atoms with Gasteiger partial charge < -0.3 is 14.5 Å². The van der Waals surface area contributed by atoms with Crippen LogP contribution in [0, 0.1) is 6.92 Å². The van der Waals surface area contributed by atoms with E-state index >= 15 is 0 Å². The predicted octanol–water partition coefficient (Wildman–Crippen LogP) is 0.724. The molecule has 7 heteroatoms. The van der Waals surface area contributed by atoms with Crippen LogP contribution in [0.1, 0.15) is 46.6 Å². The first kappa shape index (κ1) is 15.5. The summed E-state index contributed by atoms with van der Waals surface area (Å²) in [5.74, 6) is 1.34. The SMILES string of the molecule is CCc1c(C)cc(C(=O)NCc2nnc3n2CCC3)c(=O)n1C. The second kappa shape index (κ2) is 5.98. The van der Waals surface area contributed by atoms with Crippen LogP contribution in [0.2, 0.25) is 0 Å². The van der Waals surface area contributed by atoms with Gasteiger partial charge in [-0.05, 0) is 31.4 Å². The maximum atomic E-state index is 12.4. The Morgan fingerprint density at radius 3 is 2.91 bits per heavy atom. The molecule has 0 aromatic carbocycles. The molecule has 0 saturated carbocycles. The zero-order valence-electron chi connectivity index (χ0n) is 13.7. The lowest BCUT2D eigenvalue weighted by Gasteiger charge is -2.12. The van der Waals surface area contributed by atoms with E-state index in [1.807, 2.05) is 18.4 Å². The highest BCUT2D eigenvalue weighted by molar-refractivity contribution is 5.94. The quantitative estimate of drug-likeness (QED) is 0.901. The summed E-state index contributed by atoms with van der Waals surface area (Å²) in [7, 11) is 1.70. The average Bonchev–Trinajstić information content (AvgIpc) is 3.13. The number of carbonyl (C=O) groups is 1. The van der Waals surface area contributed by atoms with Crippen molar-refractivity contribution >= 4 is 5.91 Å². The largest absolute Gasteiger partial charge is 0.345 e. The van der Waals surface area contributed by atoms with Gasteiger partial charge in [-0.25, -0.2) is 0 Å². The van der Waals surface area contributed by atoms with Gasteiger partial charge in [0.05, 0.1) is 6.54 Å². The molecule has 1 aliphatic heterocycles. The van der Waals surface area contributed by atoms with Gasteiger partial charge in [0.2, 0.25) is 0 Å². The van der Waals surface area contributed by atoms with Crippen molar-refractivity contribution in [2.45, 2.75) is 46.2 Å². The second-order valence-corrected chi connectivity index (χ2v) is 5.88. The fourth-order valence-electron chi connectivity index (χ4n) is 3.20. The molecule has 23 heavy (non-hydrogen) atoms. The third kappa shape index (κ3) is 2.67. The van der Waals surface area contributed by atoms with Crippen molar-refractivity contribution in [1.82, 2.24) is 24.6 Å². The Morgan fingerprint density at radius 2 is 2.17 bits per heavy atom. The van der Waals surface area contributed by atoms with E-state index in [-0.39, 0.29) is 23.6 Å². The summed E-state index contributed by atoms with van der Waals surface area (Å²) in [4.78, 5) is 24.7. The number of nitrogens with zero attached hydrogens (tertiary/aromatic N) is 4. The minimum Gasteiger partial charge on any atom is -0.345 e. The van der Waals surface area contributed by atoms with E-state index in [9.17, 15) is 9.59 Å². The van der Waals surface area contributed by atoms with Crippen LogP contribution in [-0.4, -0.2) is 25.2 Å². The van der Waals surface area contributed by atoms with Crippen LogP contribution >= 0.6 is 0 Å². The number of carbonyl (C=O) groups excluding carboxylic acids is 1. The fourth-order valence-corrected chi connectivity index (χ4v) is 3.20. The Balaban J connectivity index is 1.80. The van der Waals surface area contributed by atoms with Crippen molar-refractivity contribution in [3.05, 3.63) is 44.9 Å². The van der Waals surface area contributed by atoms with E-state index in [2.05, 4.69) is 15.5 Å². The predicted molar refractivity (Wildman–Crippen MR) is 85.3 cm³/mol. The molecule has 1 amide bonds. The summed E-state index contributed by atoms with van der Waals surface area (Å²) in [6.07, 6.45) is 2.74. The van der Waals surface area contributed by atoms with E-state index in [0.717, 1.165) is 48.7 Å². The molecule has 0 radical (unpaired) electrons. The van der Waals surface area contributed by atoms with Crippen LogP contribution in [0.4, 0.5) is 0 Å². The van der Waals surface area contributed by atoms with Crippen molar-refractivity contribution < 1.29 is 4.79 Å². The summed E-state index contributed by atoms with van der Waals surface area (Å²) in [6.45, 7) is 5.08. The van der Waals surface area contributed by atoms with E-state index in [1.54, 1.807) is 17.7 Å². The summed E-state index contributed by atoms with van der Waals surface area (Å²) >= 11 is 0. The Hall–Kier alpha value is -2.44. The zero-order valence-corrected chi connectivity index (χ0v) is 13.7. The fraction of sp³-hybridized carbons (Fsp3) is 0.500. The highest BCUT2D eigenvalue weighted by Crippen LogP contribution is 2.14. The van der Waals surface area contributed by atoms with Gasteiger partial charge >= 0.3 is 0 Å². The van der Waals surface area contributed by atoms with Crippen LogP contribution in [0.3, 0.4) is 0 Å². The molecular formula is C16H21N5O2. The van der Waals surface area contributed by atoms with E-state index in [0.29, 0.717) is 0 Å². The van der Waals surface area contributed by atoms with Gasteiger partial charge in [0.1, 0.15) is 11.4 Å². The van der Waals surface area contributed by atoms with Crippen molar-refractivity contribution in [2.75, 3.05) is 0 Å². The van der Waals surface area contributed by atoms with E-state index in [4.69, 9.17) is 0 Å². The first-order valence-corrected chi connectivity index (χ1v) is 7.91. The van der Waals surface area contributed by atoms with Crippen molar-refractivity contribution in [2.24, 2.45) is 7.05 Å². The molecule has 2 aromatic rings. The number of rotatable bonds is 4. The molecule has 0 unspecified atom stereocenters. The van der Waals surface area contributed by atoms with Crippen molar-refractivity contribution in [1.29, 1.82) is 0 Å². The lowest BCUT2D eigenvalue weighted by Crippen LogP contribution is -2.34. The normalized spacial score (nSPS) is 13.2. The summed E-state index contributed by atoms with van der Waals surface area (Å²) < 4.78 is 3.59. The van der Waals surface area contributed by atoms with Crippen LogP contribution in [0.15, 0.2) is 10.9 Å². The molecule has 1 N–H and O–H groups in total. The lowest BCUT2D eigenvalue weighted by molar-refractivity contribution is 0.0947. The molecule has 0 fully saturated rings. The third-order valence-corrected chi connectivity index (χ3v) is 4.43. The first-order valence-electron chi connectivity index (χ1n) is 7.91. The third-order valence-electron chi connectivity index (χ3n) is 4.43. The Labute approximate surface area is 134 Å². The molecule has 3 heterocycles. The molecule has 0 spiro atoms. The van der Waals surface area contributed by atoms with Gasteiger partial charge in [-0.3, -0.25) is 9.59 Å². The highest BCUT2D eigenvalue weighted by atomic mass is 16.2. The molecule has 0 bridgehead atoms. The summed E-state index contributed by atoms with van der Waals surface area (Å²) in [6, 6.07) is 1.67. The number of aromatic nitrogens is 4. The van der Waals surface area contributed by atoms with Crippen LogP contribution in [-0.2, 0) is 33.0 Å². The number of aryl methyl sites for hydroxylation is 2. The lowest BCUT2D eigenvalue weighted by atomic mass is 10.1. The number of pyridine rings is 1. The molecule has 122 valence electrons. The molecular weight excluding hydrogens is 294 g/mol. The van der Waals surface area contributed by atoms with Crippen molar-refractivity contribution in [3.8, 4) is 0 Å². The van der Waals surface area contributed by atoms with Crippen LogP contribution in [0.25, 0.3) is 0 Å². The molecule has 0 saturated heterocycles. The number of hydrogen-bond donors (Lipinski definition) is 1. The summed E-state index contributed by atoms with van der Waals surface area (Å²) in [5.41, 5.74) is 1.80.